The molecule has 0 atom stereocenters. The fourth-order valence-corrected chi connectivity index (χ4v) is 3.56. The second-order valence-corrected chi connectivity index (χ2v) is 6.18. The molecule has 2 aromatic heterocycles. The van der Waals surface area contributed by atoms with E-state index in [-0.39, 0.29) is 18.1 Å². The third-order valence-electron chi connectivity index (χ3n) is 4.81. The van der Waals surface area contributed by atoms with E-state index in [4.69, 9.17) is 0 Å². The number of amides is 1. The maximum atomic E-state index is 13.1. The average Bonchev–Trinajstić information content (AvgIpc) is 3.21. The lowest BCUT2D eigenvalue weighted by Gasteiger charge is -2.27. The summed E-state index contributed by atoms with van der Waals surface area (Å²) in [5.41, 5.74) is 2.50. The summed E-state index contributed by atoms with van der Waals surface area (Å²) in [5.74, 6) is -0.134. The third-order valence-corrected chi connectivity index (χ3v) is 4.81. The fraction of sp³-hybridized carbons (Fsp3) is 0.333. The van der Waals surface area contributed by atoms with E-state index in [1.807, 2.05) is 41.8 Å². The topological polar surface area (TPSA) is 53.9 Å². The van der Waals surface area contributed by atoms with Gasteiger partial charge in [-0.3, -0.25) is 9.89 Å². The number of fused-ring (bicyclic) bond motifs is 2. The summed E-state index contributed by atoms with van der Waals surface area (Å²) in [6.07, 6.45) is -2.13. The molecule has 3 heterocycles. The lowest BCUT2D eigenvalue weighted by Crippen LogP contribution is -2.37. The van der Waals surface area contributed by atoms with Crippen LogP contribution in [0.3, 0.4) is 0 Å². The van der Waals surface area contributed by atoms with E-state index in [1.165, 1.54) is 0 Å². The number of carbonyl (C=O) groups excluding carboxylic acids is 1. The van der Waals surface area contributed by atoms with Crippen LogP contribution >= 0.6 is 0 Å². The van der Waals surface area contributed by atoms with E-state index in [0.29, 0.717) is 36.5 Å². The minimum Gasteiger partial charge on any atom is -0.337 e. The molecular weight excluding hydrogens is 326 g/mol. The van der Waals surface area contributed by atoms with Gasteiger partial charge < -0.3 is 9.47 Å². The van der Waals surface area contributed by atoms with Gasteiger partial charge in [0.25, 0.3) is 12.3 Å². The van der Waals surface area contributed by atoms with Gasteiger partial charge in [-0.1, -0.05) is 18.2 Å². The number of nitrogens with zero attached hydrogens (tertiary/aromatic N) is 3. The van der Waals surface area contributed by atoms with Crippen LogP contribution in [0.4, 0.5) is 8.78 Å². The SMILES string of the molecule is CCn1c(C(=O)N2CCc3[nH]nc(C(F)F)c3C2)cc2ccccc21. The molecule has 3 aromatic rings. The highest BCUT2D eigenvalue weighted by molar-refractivity contribution is 5.98. The molecule has 0 aliphatic carbocycles. The minimum absolute atomic E-state index is 0.134. The summed E-state index contributed by atoms with van der Waals surface area (Å²) in [4.78, 5) is 14.7. The van der Waals surface area contributed by atoms with Crippen LogP contribution in [0.5, 0.6) is 0 Å². The first-order valence-corrected chi connectivity index (χ1v) is 8.31. The number of hydrogen-bond acceptors (Lipinski definition) is 2. The van der Waals surface area contributed by atoms with Crippen molar-refractivity contribution in [1.29, 1.82) is 0 Å². The number of aromatic amines is 1. The first-order chi connectivity index (χ1) is 12.1. The number of aromatic nitrogens is 3. The van der Waals surface area contributed by atoms with Crippen molar-refractivity contribution in [2.75, 3.05) is 6.54 Å². The molecule has 0 saturated carbocycles. The lowest BCUT2D eigenvalue weighted by molar-refractivity contribution is 0.0718. The zero-order chi connectivity index (χ0) is 17.6. The molecule has 1 aliphatic heterocycles. The molecule has 5 nitrogen and oxygen atoms in total. The van der Waals surface area contributed by atoms with Gasteiger partial charge in [0.15, 0.2) is 0 Å². The average molecular weight is 344 g/mol. The molecule has 1 amide bonds. The van der Waals surface area contributed by atoms with Crippen molar-refractivity contribution in [2.45, 2.75) is 32.9 Å². The molecule has 0 spiro atoms. The van der Waals surface area contributed by atoms with Crippen LogP contribution in [0.15, 0.2) is 30.3 Å². The predicted octanol–water partition coefficient (Wildman–Crippen LogP) is 3.52. The fourth-order valence-electron chi connectivity index (χ4n) is 3.56. The number of hydrogen-bond donors (Lipinski definition) is 1. The Morgan fingerprint density at radius 3 is 2.92 bits per heavy atom. The van der Waals surface area contributed by atoms with Gasteiger partial charge in [0.2, 0.25) is 0 Å². The standard InChI is InChI=1S/C18H18F2N4O/c1-2-24-14-6-4-3-5-11(14)9-15(24)18(25)23-8-7-13-12(10-23)16(17(19)20)22-21-13/h3-6,9,17H,2,7-8,10H2,1H3,(H,21,22). The number of carbonyl (C=O) groups is 1. The van der Waals surface area contributed by atoms with Crippen molar-refractivity contribution in [2.24, 2.45) is 0 Å². The number of nitrogens with one attached hydrogen (secondary N) is 1. The zero-order valence-electron chi connectivity index (χ0n) is 13.8. The van der Waals surface area contributed by atoms with Crippen LogP contribution in [-0.4, -0.2) is 32.1 Å². The quantitative estimate of drug-likeness (QED) is 0.790. The second kappa shape index (κ2) is 5.98. The van der Waals surface area contributed by atoms with E-state index in [0.717, 1.165) is 10.9 Å². The molecule has 1 aliphatic rings. The molecule has 0 radical (unpaired) electrons. The predicted molar refractivity (Wildman–Crippen MR) is 89.6 cm³/mol. The molecule has 0 bridgehead atoms. The Morgan fingerprint density at radius 1 is 1.36 bits per heavy atom. The maximum absolute atomic E-state index is 13.1. The van der Waals surface area contributed by atoms with Crippen molar-refractivity contribution >= 4 is 16.8 Å². The summed E-state index contributed by atoms with van der Waals surface area (Å²) >= 11 is 0. The second-order valence-electron chi connectivity index (χ2n) is 6.18. The normalized spacial score (nSPS) is 14.3. The molecule has 0 saturated heterocycles. The molecular formula is C18H18F2N4O. The minimum atomic E-state index is -2.64. The number of para-hydroxylation sites is 1. The number of benzene rings is 1. The van der Waals surface area contributed by atoms with Gasteiger partial charge in [0.05, 0.1) is 0 Å². The molecule has 25 heavy (non-hydrogen) atoms. The lowest BCUT2D eigenvalue weighted by atomic mass is 10.0. The summed E-state index contributed by atoms with van der Waals surface area (Å²) < 4.78 is 28.2. The molecule has 4 rings (SSSR count). The van der Waals surface area contributed by atoms with Crippen LogP contribution < -0.4 is 0 Å². The number of rotatable bonds is 3. The van der Waals surface area contributed by atoms with Gasteiger partial charge in [-0.05, 0) is 19.1 Å². The van der Waals surface area contributed by atoms with Crippen LogP contribution in [0.1, 0.15) is 40.8 Å². The van der Waals surface area contributed by atoms with E-state index < -0.39 is 6.43 Å². The van der Waals surface area contributed by atoms with Crippen molar-refractivity contribution in [1.82, 2.24) is 19.7 Å². The van der Waals surface area contributed by atoms with Crippen molar-refractivity contribution in [3.8, 4) is 0 Å². The summed E-state index contributed by atoms with van der Waals surface area (Å²) in [5, 5.41) is 7.39. The summed E-state index contributed by atoms with van der Waals surface area (Å²) in [7, 11) is 0. The highest BCUT2D eigenvalue weighted by atomic mass is 19.3. The molecule has 1 aromatic carbocycles. The highest BCUT2D eigenvalue weighted by Crippen LogP contribution is 2.29. The van der Waals surface area contributed by atoms with E-state index in [1.54, 1.807) is 4.90 Å². The van der Waals surface area contributed by atoms with E-state index in [2.05, 4.69) is 10.2 Å². The van der Waals surface area contributed by atoms with Gasteiger partial charge >= 0.3 is 0 Å². The van der Waals surface area contributed by atoms with Crippen LogP contribution in [0, 0.1) is 0 Å². The van der Waals surface area contributed by atoms with Crippen LogP contribution in [0.25, 0.3) is 10.9 Å². The Hall–Kier alpha value is -2.70. The zero-order valence-corrected chi connectivity index (χ0v) is 13.8. The number of aryl methyl sites for hydroxylation is 1. The smallest absolute Gasteiger partial charge is 0.282 e. The number of alkyl halides is 2. The summed E-state index contributed by atoms with van der Waals surface area (Å²) in [6, 6.07) is 9.70. The Bertz CT molecular complexity index is 944. The van der Waals surface area contributed by atoms with Gasteiger partial charge in [-0.15, -0.1) is 0 Å². The highest BCUT2D eigenvalue weighted by Gasteiger charge is 2.30. The van der Waals surface area contributed by atoms with Crippen molar-refractivity contribution in [3.05, 3.63) is 53.0 Å². The molecule has 0 unspecified atom stereocenters. The largest absolute Gasteiger partial charge is 0.337 e. The van der Waals surface area contributed by atoms with Gasteiger partial charge in [-0.25, -0.2) is 8.78 Å². The number of halogens is 2. The molecule has 130 valence electrons. The van der Waals surface area contributed by atoms with Gasteiger partial charge in [-0.2, -0.15) is 5.10 Å². The molecule has 0 fully saturated rings. The maximum Gasteiger partial charge on any atom is 0.282 e. The Balaban J connectivity index is 1.69. The van der Waals surface area contributed by atoms with Crippen molar-refractivity contribution in [3.63, 3.8) is 0 Å². The van der Waals surface area contributed by atoms with Crippen molar-refractivity contribution < 1.29 is 13.6 Å². The van der Waals surface area contributed by atoms with E-state index in [9.17, 15) is 13.6 Å². The van der Waals surface area contributed by atoms with Gasteiger partial charge in [0.1, 0.15) is 11.4 Å². The molecule has 1 N–H and O–H groups in total. The monoisotopic (exact) mass is 344 g/mol. The Labute approximate surface area is 143 Å². The first kappa shape index (κ1) is 15.8. The first-order valence-electron chi connectivity index (χ1n) is 8.31. The van der Waals surface area contributed by atoms with Crippen LogP contribution in [0.2, 0.25) is 0 Å². The third kappa shape index (κ3) is 2.50. The van der Waals surface area contributed by atoms with Crippen LogP contribution in [-0.2, 0) is 19.5 Å². The van der Waals surface area contributed by atoms with Gasteiger partial charge in [0, 0.05) is 48.2 Å². The number of H-pyrrole nitrogens is 1. The summed E-state index contributed by atoms with van der Waals surface area (Å²) in [6.45, 7) is 3.31. The Morgan fingerprint density at radius 2 is 2.16 bits per heavy atom. The molecule has 7 heteroatoms. The van der Waals surface area contributed by atoms with E-state index >= 15 is 0 Å². The Kier molecular flexibility index (Phi) is 3.78.